The molecule has 0 bridgehead atoms. The summed E-state index contributed by atoms with van der Waals surface area (Å²) in [5.41, 5.74) is -0.562. The fourth-order valence-corrected chi connectivity index (χ4v) is 0.917. The van der Waals surface area contributed by atoms with Crippen molar-refractivity contribution in [2.45, 2.75) is 52.6 Å². The first-order valence-electron chi connectivity index (χ1n) is 5.18. The fraction of sp³-hybridized carbons (Fsp3) is 0.909. The van der Waals surface area contributed by atoms with E-state index in [2.05, 4.69) is 13.8 Å². The van der Waals surface area contributed by atoms with Crippen molar-refractivity contribution in [3.63, 3.8) is 0 Å². The number of hydrogen-bond acceptors (Lipinski definition) is 2. The van der Waals surface area contributed by atoms with Crippen molar-refractivity contribution >= 4 is 6.29 Å². The van der Waals surface area contributed by atoms with Gasteiger partial charge in [0.25, 0.3) is 0 Å². The van der Waals surface area contributed by atoms with E-state index >= 15 is 0 Å². The predicted molar refractivity (Wildman–Crippen MR) is 54.8 cm³/mol. The van der Waals surface area contributed by atoms with Crippen LogP contribution in [0.25, 0.3) is 0 Å². The van der Waals surface area contributed by atoms with Crippen molar-refractivity contribution in [3.05, 3.63) is 0 Å². The monoisotopic (exact) mass is 186 g/mol. The molecule has 78 valence electrons. The Morgan fingerprint density at radius 1 is 1.46 bits per heavy atom. The lowest BCUT2D eigenvalue weighted by Crippen LogP contribution is -2.30. The number of hydrogen-bond donors (Lipinski definition) is 0. The molecule has 0 aromatic rings. The first kappa shape index (κ1) is 12.6. The van der Waals surface area contributed by atoms with Crippen LogP contribution in [0.15, 0.2) is 0 Å². The van der Waals surface area contributed by atoms with E-state index < -0.39 is 5.60 Å². The maximum atomic E-state index is 10.7. The lowest BCUT2D eigenvalue weighted by molar-refractivity contribution is -0.130. The zero-order valence-electron chi connectivity index (χ0n) is 9.30. The summed E-state index contributed by atoms with van der Waals surface area (Å²) < 4.78 is 5.53. The number of aldehydes is 1. The summed E-state index contributed by atoms with van der Waals surface area (Å²) in [5, 5.41) is 0. The Kier molecular flexibility index (Phi) is 5.97. The van der Waals surface area contributed by atoms with Crippen molar-refractivity contribution in [1.29, 1.82) is 0 Å². The van der Waals surface area contributed by atoms with Crippen LogP contribution in [0.5, 0.6) is 0 Å². The molecule has 0 fully saturated rings. The molecule has 0 rings (SSSR count). The van der Waals surface area contributed by atoms with Gasteiger partial charge in [0.15, 0.2) is 6.29 Å². The Morgan fingerprint density at radius 3 is 2.46 bits per heavy atom. The summed E-state index contributed by atoms with van der Waals surface area (Å²) in [6.07, 6.45) is 3.87. The molecule has 2 atom stereocenters. The molecule has 0 aliphatic rings. The quantitative estimate of drug-likeness (QED) is 0.571. The fourth-order valence-electron chi connectivity index (χ4n) is 0.917. The second-order valence-corrected chi connectivity index (χ2v) is 3.93. The largest absolute Gasteiger partial charge is 0.368 e. The van der Waals surface area contributed by atoms with E-state index in [9.17, 15) is 4.79 Å². The minimum Gasteiger partial charge on any atom is -0.368 e. The highest BCUT2D eigenvalue weighted by atomic mass is 16.5. The minimum absolute atomic E-state index is 0.562. The van der Waals surface area contributed by atoms with Crippen molar-refractivity contribution in [2.75, 3.05) is 6.61 Å². The van der Waals surface area contributed by atoms with Gasteiger partial charge in [0.1, 0.15) is 5.60 Å². The summed E-state index contributed by atoms with van der Waals surface area (Å²) in [4.78, 5) is 10.7. The molecule has 0 heterocycles. The average Bonchev–Trinajstić information content (AvgIpc) is 2.17. The van der Waals surface area contributed by atoms with Crippen LogP contribution >= 0.6 is 0 Å². The SMILES string of the molecule is CCC(C)CCOC(C)(C=O)CC. The number of carbonyl (C=O) groups is 1. The highest BCUT2D eigenvalue weighted by molar-refractivity contribution is 5.61. The topological polar surface area (TPSA) is 26.3 Å². The van der Waals surface area contributed by atoms with Crippen molar-refractivity contribution < 1.29 is 9.53 Å². The zero-order valence-corrected chi connectivity index (χ0v) is 9.30. The molecule has 2 heteroatoms. The van der Waals surface area contributed by atoms with Gasteiger partial charge >= 0.3 is 0 Å². The van der Waals surface area contributed by atoms with Gasteiger partial charge < -0.3 is 9.53 Å². The molecule has 0 aliphatic carbocycles. The van der Waals surface area contributed by atoms with E-state index in [-0.39, 0.29) is 0 Å². The average molecular weight is 186 g/mol. The van der Waals surface area contributed by atoms with Crippen LogP contribution in [0, 0.1) is 5.92 Å². The van der Waals surface area contributed by atoms with Crippen LogP contribution in [0.4, 0.5) is 0 Å². The Morgan fingerprint density at radius 2 is 2.08 bits per heavy atom. The third-order valence-corrected chi connectivity index (χ3v) is 2.69. The van der Waals surface area contributed by atoms with Gasteiger partial charge in [0.05, 0.1) is 0 Å². The Labute approximate surface area is 81.7 Å². The normalized spacial score (nSPS) is 17.8. The van der Waals surface area contributed by atoms with Gasteiger partial charge in [-0.3, -0.25) is 0 Å². The predicted octanol–water partition coefficient (Wildman–Crippen LogP) is 2.81. The van der Waals surface area contributed by atoms with Crippen LogP contribution in [0.3, 0.4) is 0 Å². The highest BCUT2D eigenvalue weighted by Crippen LogP contribution is 2.14. The lowest BCUT2D eigenvalue weighted by atomic mass is 10.0. The molecule has 0 saturated carbocycles. The first-order chi connectivity index (χ1) is 6.08. The van der Waals surface area contributed by atoms with E-state index in [1.54, 1.807) is 0 Å². The minimum atomic E-state index is -0.562. The molecule has 0 spiro atoms. The van der Waals surface area contributed by atoms with E-state index in [4.69, 9.17) is 4.74 Å². The summed E-state index contributed by atoms with van der Waals surface area (Å²) in [5.74, 6) is 0.688. The molecule has 0 aromatic carbocycles. The molecule has 0 N–H and O–H groups in total. The molecule has 0 saturated heterocycles. The van der Waals surface area contributed by atoms with Crippen molar-refractivity contribution in [1.82, 2.24) is 0 Å². The standard InChI is InChI=1S/C11H22O2/c1-5-10(3)7-8-13-11(4,6-2)9-12/h9-10H,5-8H2,1-4H3. The summed E-state index contributed by atoms with van der Waals surface area (Å²) in [6, 6.07) is 0. The van der Waals surface area contributed by atoms with Crippen LogP contribution in [-0.2, 0) is 9.53 Å². The maximum absolute atomic E-state index is 10.7. The Balaban J connectivity index is 3.67. The smallest absolute Gasteiger partial charge is 0.151 e. The number of rotatable bonds is 7. The second-order valence-electron chi connectivity index (χ2n) is 3.93. The van der Waals surface area contributed by atoms with Crippen molar-refractivity contribution in [2.24, 2.45) is 5.92 Å². The summed E-state index contributed by atoms with van der Waals surface area (Å²) in [6.45, 7) is 8.88. The molecule has 2 unspecified atom stereocenters. The third-order valence-electron chi connectivity index (χ3n) is 2.69. The Bertz CT molecular complexity index is 145. The van der Waals surface area contributed by atoms with Crippen LogP contribution in [0.1, 0.15) is 47.0 Å². The van der Waals surface area contributed by atoms with Crippen molar-refractivity contribution in [3.8, 4) is 0 Å². The van der Waals surface area contributed by atoms with Gasteiger partial charge in [0.2, 0.25) is 0 Å². The zero-order chi connectivity index (χ0) is 10.3. The van der Waals surface area contributed by atoms with Gasteiger partial charge in [-0.15, -0.1) is 0 Å². The number of carbonyl (C=O) groups excluding carboxylic acids is 1. The van der Waals surface area contributed by atoms with E-state index in [1.165, 1.54) is 6.42 Å². The van der Waals surface area contributed by atoms with E-state index in [0.717, 1.165) is 19.1 Å². The molecule has 13 heavy (non-hydrogen) atoms. The van der Waals surface area contributed by atoms with Gasteiger partial charge in [-0.2, -0.15) is 0 Å². The maximum Gasteiger partial charge on any atom is 0.151 e. The van der Waals surface area contributed by atoms with E-state index in [0.29, 0.717) is 12.5 Å². The lowest BCUT2D eigenvalue weighted by Gasteiger charge is -2.22. The highest BCUT2D eigenvalue weighted by Gasteiger charge is 2.21. The first-order valence-corrected chi connectivity index (χ1v) is 5.18. The molecule has 2 nitrogen and oxygen atoms in total. The molecule has 0 aromatic heterocycles. The second kappa shape index (κ2) is 6.14. The van der Waals surface area contributed by atoms with Gasteiger partial charge in [-0.25, -0.2) is 0 Å². The van der Waals surface area contributed by atoms with Gasteiger partial charge in [0, 0.05) is 6.61 Å². The summed E-state index contributed by atoms with van der Waals surface area (Å²) in [7, 11) is 0. The van der Waals surface area contributed by atoms with Crippen LogP contribution in [0.2, 0.25) is 0 Å². The van der Waals surface area contributed by atoms with Crippen LogP contribution < -0.4 is 0 Å². The third kappa shape index (κ3) is 5.04. The Hall–Kier alpha value is -0.370. The van der Waals surface area contributed by atoms with Crippen LogP contribution in [-0.4, -0.2) is 18.5 Å². The molecule has 0 amide bonds. The summed E-state index contributed by atoms with van der Waals surface area (Å²) >= 11 is 0. The van der Waals surface area contributed by atoms with Gasteiger partial charge in [-0.1, -0.05) is 27.2 Å². The molecular weight excluding hydrogens is 164 g/mol. The van der Waals surface area contributed by atoms with E-state index in [1.807, 2.05) is 13.8 Å². The van der Waals surface area contributed by atoms with Gasteiger partial charge in [-0.05, 0) is 25.7 Å². The number of ether oxygens (including phenoxy) is 1. The molecule has 0 aliphatic heterocycles. The molecule has 0 radical (unpaired) electrons. The molecular formula is C11H22O2.